The molecule has 0 atom stereocenters. The second-order valence-corrected chi connectivity index (χ2v) is 4.32. The molecule has 1 N–H and O–H groups in total. The molecule has 0 aliphatic heterocycles. The van der Waals surface area contributed by atoms with E-state index in [0.717, 1.165) is 30.1 Å². The predicted octanol–water partition coefficient (Wildman–Crippen LogP) is 2.70. The van der Waals surface area contributed by atoms with Gasteiger partial charge in [-0.25, -0.2) is 4.98 Å². The van der Waals surface area contributed by atoms with Crippen molar-refractivity contribution in [3.8, 4) is 17.5 Å². The second-order valence-electron chi connectivity index (χ2n) is 4.32. The van der Waals surface area contributed by atoms with Crippen LogP contribution in [0, 0.1) is 6.92 Å². The molecule has 0 spiro atoms. The molecule has 5 nitrogen and oxygen atoms in total. The Hall–Kier alpha value is -2.14. The van der Waals surface area contributed by atoms with Crippen LogP contribution in [0.4, 0.5) is 0 Å². The monoisotopic (exact) mass is 273 g/mol. The van der Waals surface area contributed by atoms with Crippen molar-refractivity contribution in [1.82, 2.24) is 15.3 Å². The zero-order valence-corrected chi connectivity index (χ0v) is 12.0. The van der Waals surface area contributed by atoms with Gasteiger partial charge in [-0.15, -0.1) is 0 Å². The van der Waals surface area contributed by atoms with Crippen LogP contribution in [0.25, 0.3) is 0 Å². The fourth-order valence-electron chi connectivity index (χ4n) is 1.70. The fourth-order valence-corrected chi connectivity index (χ4v) is 1.70. The van der Waals surface area contributed by atoms with Crippen LogP contribution in [0.3, 0.4) is 0 Å². The molecule has 2 aromatic rings. The molecule has 0 bridgehead atoms. The first-order valence-corrected chi connectivity index (χ1v) is 6.58. The molecule has 106 valence electrons. The molecule has 1 aromatic heterocycles. The number of rotatable bonds is 6. The van der Waals surface area contributed by atoms with Crippen molar-refractivity contribution in [2.45, 2.75) is 20.4 Å². The summed E-state index contributed by atoms with van der Waals surface area (Å²) in [5, 5.41) is 3.25. The third-order valence-corrected chi connectivity index (χ3v) is 2.89. The first-order chi connectivity index (χ1) is 9.72. The zero-order valence-electron chi connectivity index (χ0n) is 12.0. The molecule has 2 rings (SSSR count). The average molecular weight is 273 g/mol. The minimum atomic E-state index is 0.355. The number of methoxy groups -OCH3 is 1. The molecule has 20 heavy (non-hydrogen) atoms. The maximum atomic E-state index is 5.62. The molecule has 1 aromatic carbocycles. The van der Waals surface area contributed by atoms with Crippen molar-refractivity contribution in [2.24, 2.45) is 0 Å². The van der Waals surface area contributed by atoms with Gasteiger partial charge in [0.25, 0.3) is 0 Å². The Bertz CT molecular complexity index is 556. The van der Waals surface area contributed by atoms with E-state index in [0.29, 0.717) is 11.8 Å². The van der Waals surface area contributed by atoms with E-state index in [2.05, 4.69) is 22.2 Å². The van der Waals surface area contributed by atoms with Crippen LogP contribution in [0.2, 0.25) is 0 Å². The number of aromatic nitrogens is 2. The minimum absolute atomic E-state index is 0.355. The molecule has 0 saturated heterocycles. The maximum Gasteiger partial charge on any atom is 0.322 e. The van der Waals surface area contributed by atoms with Crippen LogP contribution in [-0.2, 0) is 6.54 Å². The van der Waals surface area contributed by atoms with Gasteiger partial charge in [0.05, 0.1) is 7.11 Å². The van der Waals surface area contributed by atoms with Crippen LogP contribution in [0.15, 0.2) is 30.5 Å². The van der Waals surface area contributed by atoms with Gasteiger partial charge in [0.2, 0.25) is 0 Å². The van der Waals surface area contributed by atoms with Gasteiger partial charge in [-0.3, -0.25) is 0 Å². The van der Waals surface area contributed by atoms with E-state index < -0.39 is 0 Å². The highest BCUT2D eigenvalue weighted by atomic mass is 16.5. The van der Waals surface area contributed by atoms with E-state index in [1.165, 1.54) is 0 Å². The molecule has 0 fully saturated rings. The van der Waals surface area contributed by atoms with Crippen molar-refractivity contribution in [3.05, 3.63) is 41.7 Å². The average Bonchev–Trinajstić information content (AvgIpc) is 2.47. The van der Waals surface area contributed by atoms with E-state index >= 15 is 0 Å². The van der Waals surface area contributed by atoms with Crippen molar-refractivity contribution in [2.75, 3.05) is 13.7 Å². The largest absolute Gasteiger partial charge is 0.497 e. The Balaban J connectivity index is 2.07. The van der Waals surface area contributed by atoms with E-state index in [9.17, 15) is 0 Å². The molecule has 0 aliphatic carbocycles. The van der Waals surface area contributed by atoms with Gasteiger partial charge in [0.1, 0.15) is 11.5 Å². The summed E-state index contributed by atoms with van der Waals surface area (Å²) in [4.78, 5) is 8.59. The molecule has 0 saturated carbocycles. The third kappa shape index (κ3) is 3.68. The van der Waals surface area contributed by atoms with Crippen molar-refractivity contribution in [3.63, 3.8) is 0 Å². The first kappa shape index (κ1) is 14.3. The molecular formula is C15H19N3O2. The smallest absolute Gasteiger partial charge is 0.322 e. The molecule has 5 heteroatoms. The number of hydrogen-bond acceptors (Lipinski definition) is 5. The van der Waals surface area contributed by atoms with E-state index in [-0.39, 0.29) is 0 Å². The Kier molecular flexibility index (Phi) is 4.90. The van der Waals surface area contributed by atoms with Gasteiger partial charge in [0, 0.05) is 24.0 Å². The highest BCUT2D eigenvalue weighted by Gasteiger charge is 2.05. The summed E-state index contributed by atoms with van der Waals surface area (Å²) in [5.41, 5.74) is 2.00. The van der Waals surface area contributed by atoms with Crippen LogP contribution in [0.1, 0.15) is 18.2 Å². The van der Waals surface area contributed by atoms with Crippen molar-refractivity contribution >= 4 is 0 Å². The second kappa shape index (κ2) is 6.86. The highest BCUT2D eigenvalue weighted by Crippen LogP contribution is 2.21. The number of aryl methyl sites for hydroxylation is 1. The van der Waals surface area contributed by atoms with Gasteiger partial charge in [-0.2, -0.15) is 4.98 Å². The van der Waals surface area contributed by atoms with Crippen molar-refractivity contribution < 1.29 is 9.47 Å². The van der Waals surface area contributed by atoms with Gasteiger partial charge < -0.3 is 14.8 Å². The number of hydrogen-bond donors (Lipinski definition) is 1. The summed E-state index contributed by atoms with van der Waals surface area (Å²) in [6.07, 6.45) is 1.80. The van der Waals surface area contributed by atoms with E-state index in [1.807, 2.05) is 31.2 Å². The lowest BCUT2D eigenvalue weighted by molar-refractivity contribution is 0.410. The van der Waals surface area contributed by atoms with Crippen LogP contribution < -0.4 is 14.8 Å². The zero-order chi connectivity index (χ0) is 14.4. The number of nitrogens with zero attached hydrogens (tertiary/aromatic N) is 2. The fraction of sp³-hybridized carbons (Fsp3) is 0.333. The predicted molar refractivity (Wildman–Crippen MR) is 77.2 cm³/mol. The first-order valence-electron chi connectivity index (χ1n) is 6.58. The molecule has 0 radical (unpaired) electrons. The Labute approximate surface area is 119 Å². The minimum Gasteiger partial charge on any atom is -0.497 e. The summed E-state index contributed by atoms with van der Waals surface area (Å²) in [7, 11) is 1.63. The van der Waals surface area contributed by atoms with Gasteiger partial charge in [-0.05, 0) is 37.7 Å². The van der Waals surface area contributed by atoms with E-state index in [1.54, 1.807) is 13.3 Å². The lowest BCUT2D eigenvalue weighted by atomic mass is 10.2. The summed E-state index contributed by atoms with van der Waals surface area (Å²) in [5.74, 6) is 1.47. The normalized spacial score (nSPS) is 10.3. The number of benzene rings is 1. The topological polar surface area (TPSA) is 56.3 Å². The molecule has 0 amide bonds. The lowest BCUT2D eigenvalue weighted by Crippen LogP contribution is -2.13. The molecule has 0 aliphatic rings. The van der Waals surface area contributed by atoms with Crippen molar-refractivity contribution in [1.29, 1.82) is 0 Å². The van der Waals surface area contributed by atoms with Gasteiger partial charge >= 0.3 is 6.01 Å². The SMILES string of the molecule is CCNCc1cnc(Oc2ccc(OC)cc2)nc1C. The molecule has 0 unspecified atom stereocenters. The van der Waals surface area contributed by atoms with Crippen LogP contribution in [0.5, 0.6) is 17.5 Å². The Morgan fingerprint density at radius 3 is 2.45 bits per heavy atom. The van der Waals surface area contributed by atoms with E-state index in [4.69, 9.17) is 9.47 Å². The summed E-state index contributed by atoms with van der Waals surface area (Å²) >= 11 is 0. The maximum absolute atomic E-state index is 5.62. The summed E-state index contributed by atoms with van der Waals surface area (Å²) in [6, 6.07) is 7.67. The molecule has 1 heterocycles. The molecular weight excluding hydrogens is 254 g/mol. The Morgan fingerprint density at radius 1 is 1.15 bits per heavy atom. The standard InChI is InChI=1S/C15H19N3O2/c1-4-16-9-12-10-17-15(18-11(12)2)20-14-7-5-13(19-3)6-8-14/h5-8,10,16H,4,9H2,1-3H3. The van der Waals surface area contributed by atoms with Gasteiger partial charge in [-0.1, -0.05) is 6.92 Å². The van der Waals surface area contributed by atoms with Gasteiger partial charge in [0.15, 0.2) is 0 Å². The highest BCUT2D eigenvalue weighted by molar-refractivity contribution is 5.32. The van der Waals surface area contributed by atoms with Crippen LogP contribution >= 0.6 is 0 Å². The number of ether oxygens (including phenoxy) is 2. The lowest BCUT2D eigenvalue weighted by Gasteiger charge is -2.08. The van der Waals surface area contributed by atoms with Crippen LogP contribution in [-0.4, -0.2) is 23.6 Å². The quantitative estimate of drug-likeness (QED) is 0.877. The Morgan fingerprint density at radius 2 is 1.85 bits per heavy atom. The summed E-state index contributed by atoms with van der Waals surface area (Å²) < 4.78 is 10.7. The third-order valence-electron chi connectivity index (χ3n) is 2.89. The summed E-state index contributed by atoms with van der Waals surface area (Å²) in [6.45, 7) is 5.71. The number of nitrogens with one attached hydrogen (secondary N) is 1.